The van der Waals surface area contributed by atoms with Crippen molar-refractivity contribution in [3.8, 4) is 0 Å². The summed E-state index contributed by atoms with van der Waals surface area (Å²) in [6.45, 7) is 11.1. The van der Waals surface area contributed by atoms with Crippen LogP contribution in [0.15, 0.2) is 0 Å². The minimum Gasteiger partial charge on any atom is -0.353 e. The van der Waals surface area contributed by atoms with Crippen LogP contribution in [0.5, 0.6) is 0 Å². The molecule has 1 heterocycles. The normalized spacial score (nSPS) is 18.9. The Kier molecular flexibility index (Phi) is 7.28. The lowest BCUT2D eigenvalue weighted by atomic mass is 10.0. The molecule has 2 N–H and O–H groups in total. The Bertz CT molecular complexity index is 237. The van der Waals surface area contributed by atoms with Crippen molar-refractivity contribution in [2.45, 2.75) is 46.1 Å². The van der Waals surface area contributed by atoms with E-state index in [9.17, 15) is 4.79 Å². The molecule has 0 aromatic rings. The van der Waals surface area contributed by atoms with Gasteiger partial charge in [0.25, 0.3) is 0 Å². The molecule has 1 rings (SSSR count). The van der Waals surface area contributed by atoms with E-state index < -0.39 is 0 Å². The van der Waals surface area contributed by atoms with Crippen molar-refractivity contribution in [1.82, 2.24) is 15.5 Å². The summed E-state index contributed by atoms with van der Waals surface area (Å²) in [6, 6.07) is 0.305. The average Bonchev–Trinajstić information content (AvgIpc) is 2.29. The highest BCUT2D eigenvalue weighted by Crippen LogP contribution is 2.08. The summed E-state index contributed by atoms with van der Waals surface area (Å²) >= 11 is 0. The summed E-state index contributed by atoms with van der Waals surface area (Å²) in [4.78, 5) is 14.1. The van der Waals surface area contributed by atoms with Crippen molar-refractivity contribution in [1.29, 1.82) is 0 Å². The summed E-state index contributed by atoms with van der Waals surface area (Å²) < 4.78 is 0. The Morgan fingerprint density at radius 1 is 1.22 bits per heavy atom. The Morgan fingerprint density at radius 3 is 2.50 bits per heavy atom. The molecule has 1 saturated heterocycles. The lowest BCUT2D eigenvalue weighted by Gasteiger charge is -2.27. The average molecular weight is 255 g/mol. The van der Waals surface area contributed by atoms with E-state index in [1.807, 2.05) is 0 Å². The Hall–Kier alpha value is -0.610. The number of rotatable bonds is 7. The molecule has 1 aliphatic heterocycles. The monoisotopic (exact) mass is 255 g/mol. The standard InChI is InChI=1S/C14H29N3O/c1-12(2)5-4-6-13(3)16-14(18)11-17-9-7-15-8-10-17/h12-13,15H,4-11H2,1-3H3,(H,16,18). The second kappa shape index (κ2) is 8.48. The molecule has 4 heteroatoms. The van der Waals surface area contributed by atoms with Gasteiger partial charge in [0.05, 0.1) is 6.54 Å². The molecule has 0 saturated carbocycles. The number of hydrogen-bond donors (Lipinski definition) is 2. The lowest BCUT2D eigenvalue weighted by Crippen LogP contribution is -2.48. The number of amides is 1. The van der Waals surface area contributed by atoms with Crippen LogP contribution in [0.4, 0.5) is 0 Å². The smallest absolute Gasteiger partial charge is 0.234 e. The molecule has 0 radical (unpaired) electrons. The van der Waals surface area contributed by atoms with Gasteiger partial charge in [-0.3, -0.25) is 9.69 Å². The van der Waals surface area contributed by atoms with Gasteiger partial charge in [0.2, 0.25) is 5.91 Å². The second-order valence-electron chi connectivity index (χ2n) is 5.82. The summed E-state index contributed by atoms with van der Waals surface area (Å²) in [5.74, 6) is 0.933. The molecule has 1 unspecified atom stereocenters. The molecule has 1 amide bonds. The molecule has 1 aliphatic rings. The number of nitrogens with zero attached hydrogens (tertiary/aromatic N) is 1. The Balaban J connectivity index is 2.10. The summed E-state index contributed by atoms with van der Waals surface area (Å²) in [5, 5.41) is 6.39. The van der Waals surface area contributed by atoms with E-state index in [0.29, 0.717) is 12.6 Å². The van der Waals surface area contributed by atoms with Crippen LogP contribution in [0.25, 0.3) is 0 Å². The minimum atomic E-state index is 0.175. The second-order valence-corrected chi connectivity index (χ2v) is 5.82. The summed E-state index contributed by atoms with van der Waals surface area (Å²) in [7, 11) is 0. The first-order valence-electron chi connectivity index (χ1n) is 7.30. The van der Waals surface area contributed by atoms with Crippen LogP contribution in [0, 0.1) is 5.92 Å². The van der Waals surface area contributed by atoms with E-state index in [0.717, 1.165) is 38.5 Å². The maximum Gasteiger partial charge on any atom is 0.234 e. The number of carbonyl (C=O) groups is 1. The third-order valence-corrected chi connectivity index (χ3v) is 3.40. The van der Waals surface area contributed by atoms with Crippen molar-refractivity contribution in [3.63, 3.8) is 0 Å². The molecule has 0 aliphatic carbocycles. The highest BCUT2D eigenvalue weighted by molar-refractivity contribution is 5.78. The van der Waals surface area contributed by atoms with Crippen LogP contribution in [0.3, 0.4) is 0 Å². The molecule has 1 fully saturated rings. The molecule has 4 nitrogen and oxygen atoms in total. The van der Waals surface area contributed by atoms with E-state index in [4.69, 9.17) is 0 Å². The third-order valence-electron chi connectivity index (χ3n) is 3.40. The molecular weight excluding hydrogens is 226 g/mol. The van der Waals surface area contributed by atoms with E-state index in [1.165, 1.54) is 12.8 Å². The van der Waals surface area contributed by atoms with Gasteiger partial charge in [-0.05, 0) is 19.3 Å². The van der Waals surface area contributed by atoms with Crippen LogP contribution in [0.1, 0.15) is 40.0 Å². The van der Waals surface area contributed by atoms with Gasteiger partial charge in [0.1, 0.15) is 0 Å². The first-order chi connectivity index (χ1) is 8.58. The highest BCUT2D eigenvalue weighted by atomic mass is 16.2. The van der Waals surface area contributed by atoms with Crippen LogP contribution in [-0.2, 0) is 4.79 Å². The van der Waals surface area contributed by atoms with Crippen molar-refractivity contribution in [2.75, 3.05) is 32.7 Å². The molecule has 1 atom stereocenters. The maximum atomic E-state index is 11.8. The summed E-state index contributed by atoms with van der Waals surface area (Å²) in [6.07, 6.45) is 3.54. The Morgan fingerprint density at radius 2 is 1.89 bits per heavy atom. The maximum absolute atomic E-state index is 11.8. The SMILES string of the molecule is CC(C)CCCC(C)NC(=O)CN1CCNCC1. The van der Waals surface area contributed by atoms with Gasteiger partial charge in [0.15, 0.2) is 0 Å². The molecule has 0 bridgehead atoms. The third kappa shape index (κ3) is 6.97. The number of carbonyl (C=O) groups excluding carboxylic acids is 1. The topological polar surface area (TPSA) is 44.4 Å². The number of piperazine rings is 1. The van der Waals surface area contributed by atoms with Crippen molar-refractivity contribution in [3.05, 3.63) is 0 Å². The lowest BCUT2D eigenvalue weighted by molar-refractivity contribution is -0.123. The van der Waals surface area contributed by atoms with Gasteiger partial charge in [-0.1, -0.05) is 26.7 Å². The van der Waals surface area contributed by atoms with Crippen LogP contribution >= 0.6 is 0 Å². The zero-order chi connectivity index (χ0) is 13.4. The Labute approximate surface area is 111 Å². The van der Waals surface area contributed by atoms with E-state index in [1.54, 1.807) is 0 Å². The van der Waals surface area contributed by atoms with Crippen LogP contribution in [0.2, 0.25) is 0 Å². The van der Waals surface area contributed by atoms with Crippen molar-refractivity contribution in [2.24, 2.45) is 5.92 Å². The molecule has 0 aromatic heterocycles. The fourth-order valence-corrected chi connectivity index (χ4v) is 2.30. The first-order valence-corrected chi connectivity index (χ1v) is 7.30. The van der Waals surface area contributed by atoms with Gasteiger partial charge in [-0.15, -0.1) is 0 Å². The predicted octanol–water partition coefficient (Wildman–Crippen LogP) is 1.22. The van der Waals surface area contributed by atoms with Crippen molar-refractivity contribution >= 4 is 5.91 Å². The van der Waals surface area contributed by atoms with Gasteiger partial charge < -0.3 is 10.6 Å². The van der Waals surface area contributed by atoms with Gasteiger partial charge in [-0.2, -0.15) is 0 Å². The largest absolute Gasteiger partial charge is 0.353 e. The molecular formula is C14H29N3O. The van der Waals surface area contributed by atoms with E-state index in [-0.39, 0.29) is 5.91 Å². The molecule has 0 aromatic carbocycles. The number of nitrogens with one attached hydrogen (secondary N) is 2. The van der Waals surface area contributed by atoms with Crippen LogP contribution in [-0.4, -0.2) is 49.6 Å². The van der Waals surface area contributed by atoms with Crippen LogP contribution < -0.4 is 10.6 Å². The van der Waals surface area contributed by atoms with Gasteiger partial charge >= 0.3 is 0 Å². The first kappa shape index (κ1) is 15.4. The quantitative estimate of drug-likeness (QED) is 0.719. The predicted molar refractivity (Wildman–Crippen MR) is 75.6 cm³/mol. The van der Waals surface area contributed by atoms with Gasteiger partial charge in [0, 0.05) is 32.2 Å². The zero-order valence-corrected chi connectivity index (χ0v) is 12.2. The fourth-order valence-electron chi connectivity index (χ4n) is 2.30. The minimum absolute atomic E-state index is 0.175. The van der Waals surface area contributed by atoms with Crippen molar-refractivity contribution < 1.29 is 4.79 Å². The molecule has 106 valence electrons. The van der Waals surface area contributed by atoms with E-state index in [2.05, 4.69) is 36.3 Å². The highest BCUT2D eigenvalue weighted by Gasteiger charge is 2.14. The number of hydrogen-bond acceptors (Lipinski definition) is 3. The molecule has 0 spiro atoms. The van der Waals surface area contributed by atoms with Gasteiger partial charge in [-0.25, -0.2) is 0 Å². The zero-order valence-electron chi connectivity index (χ0n) is 12.2. The molecule has 18 heavy (non-hydrogen) atoms. The van der Waals surface area contributed by atoms with E-state index >= 15 is 0 Å². The fraction of sp³-hybridized carbons (Fsp3) is 0.929. The summed E-state index contributed by atoms with van der Waals surface area (Å²) in [5.41, 5.74) is 0.